The van der Waals surface area contributed by atoms with Gasteiger partial charge in [0.1, 0.15) is 17.3 Å². The Kier molecular flexibility index (Phi) is 49.8. The second-order valence-corrected chi connectivity index (χ2v) is 40.6. The Morgan fingerprint density at radius 3 is 1.40 bits per heavy atom. The number of benzene rings is 10. The van der Waals surface area contributed by atoms with Crippen molar-refractivity contribution in [1.29, 1.82) is 0 Å². The molecule has 0 N–H and O–H groups in total. The van der Waals surface area contributed by atoms with E-state index in [0.29, 0.717) is 11.6 Å². The summed E-state index contributed by atoms with van der Waals surface area (Å²) in [6, 6.07) is 68.9. The number of rotatable bonds is 35. The molecule has 0 aliphatic carbocycles. The van der Waals surface area contributed by atoms with Crippen molar-refractivity contribution in [2.24, 2.45) is 5.92 Å². The van der Waals surface area contributed by atoms with E-state index in [2.05, 4.69) is 324 Å². The molecule has 7 heterocycles. The number of fused-ring (bicyclic) bond motifs is 6. The van der Waals surface area contributed by atoms with Crippen molar-refractivity contribution in [3.05, 3.63) is 353 Å². The number of nitrogens with zero attached hydrogens (tertiary/aromatic N) is 14. The van der Waals surface area contributed by atoms with Crippen molar-refractivity contribution in [3.63, 3.8) is 0 Å². The molecule has 149 heavy (non-hydrogen) atoms. The van der Waals surface area contributed by atoms with Crippen LogP contribution in [0.4, 0.5) is 10.1 Å². The summed E-state index contributed by atoms with van der Waals surface area (Å²) in [6.07, 6.45) is 37.4. The van der Waals surface area contributed by atoms with E-state index in [1.54, 1.807) is 12.1 Å². The van der Waals surface area contributed by atoms with Gasteiger partial charge in [0.15, 0.2) is 0 Å². The molecule has 0 aliphatic heterocycles. The number of hydrogen-bond acceptors (Lipinski definition) is 8. The predicted molar refractivity (Wildman–Crippen MR) is 599 cm³/mol. The first-order valence-electron chi connectivity index (χ1n) is 53.1. The predicted octanol–water partition coefficient (Wildman–Crippen LogP) is 33.9. The Labute approximate surface area is 957 Å². The van der Waals surface area contributed by atoms with E-state index in [1.807, 2.05) is 73.6 Å². The van der Waals surface area contributed by atoms with E-state index < -0.39 is 0 Å². The second kappa shape index (κ2) is 59.8. The van der Waals surface area contributed by atoms with Gasteiger partial charge in [0.05, 0.1) is 41.2 Å². The molecule has 0 atom stereocenters. The van der Waals surface area contributed by atoms with Crippen LogP contribution in [0.5, 0.6) is 0 Å². The molecular formula is C129H152FIr5N14-5. The minimum atomic E-state index is -0.271. The Morgan fingerprint density at radius 2 is 0.832 bits per heavy atom. The standard InChI is InChI=1S/C30H30FN2.C29H40N3.C25H32N3.C23H24N3.C22H26N3.5Ir/c1-5-6-7-8-9-24-18-32-30-25-12-11-23(31)17-26(25)27-16-22(10-13-28(27)33(24)30)29-20(3)14-19(2)15-21(29)4;1-7-8-9-10-11-12-13-25-17-22(4)28(23(5)18-25)32-27(16-21(2)3)20-31-29(32)26-15-14-24(6)30-19-26;1-6-8-11-21-13-10-14-23(17-21)25-26-20(5)27-28(25)24-18(3)15-22(12-9-7-2)16-19(24)4;1-6-7-11-21-15-25-23(19-9-8-10-20(14-19)24-5)26(21)22-17(3)12-16(2)13-18(22)4;1-6-7-11-20-23-24-22(19-10-8-9-15(2)14-19)25(20)21-17(4)12-16(3)13-18(21)5;;;;;/h10-11,13-18H,5-9H2,1-4H3;14,17-21H,7-13,16H2,1-6H3;10,13,15-17H,6-9,11-12H2,1-5H3;8,10,12-15H,6-7,11H2,1-4H3;8-9,12-14H,6-7,11H2,1-5H3;;;;;/q5*-1;;;;;. The zero-order chi connectivity index (χ0) is 103. The maximum atomic E-state index is 14.3. The quantitative estimate of drug-likeness (QED) is 0.0218. The van der Waals surface area contributed by atoms with Gasteiger partial charge >= 0.3 is 0 Å². The van der Waals surface area contributed by atoms with Crippen LogP contribution in [0.1, 0.15) is 300 Å². The summed E-state index contributed by atoms with van der Waals surface area (Å²) < 4.78 is 25.5. The number of aromatic nitrogens is 13. The van der Waals surface area contributed by atoms with Crippen LogP contribution in [0.3, 0.4) is 0 Å². The Bertz CT molecular complexity index is 7190. The van der Waals surface area contributed by atoms with Gasteiger partial charge in [-0.25, -0.2) is 0 Å². The molecule has 0 unspecified atom stereocenters. The Balaban J connectivity index is 0.000000226. The van der Waals surface area contributed by atoms with E-state index in [4.69, 9.17) is 31.6 Å². The normalized spacial score (nSPS) is 10.9. The molecule has 17 rings (SSSR count). The monoisotopic (exact) mass is 2880 g/mol. The summed E-state index contributed by atoms with van der Waals surface area (Å²) in [5.74, 6) is 5.66. The molecule has 0 amide bonds. The van der Waals surface area contributed by atoms with Crippen LogP contribution in [0.2, 0.25) is 0 Å². The number of halogens is 1. The summed E-state index contributed by atoms with van der Waals surface area (Å²) in [7, 11) is 0. The van der Waals surface area contributed by atoms with Gasteiger partial charge in [0, 0.05) is 171 Å². The molecule has 0 fully saturated rings. The molecule has 5 radical (unpaired) electrons. The number of aryl methyl sites for hydroxylation is 22. The average Bonchev–Trinajstić information content (AvgIpc) is 1.61. The summed E-state index contributed by atoms with van der Waals surface area (Å²) in [5.41, 5.74) is 40.1. The van der Waals surface area contributed by atoms with E-state index in [0.717, 1.165) is 172 Å². The molecule has 14 nitrogen and oxygen atoms in total. The van der Waals surface area contributed by atoms with E-state index in [-0.39, 0.29) is 106 Å². The summed E-state index contributed by atoms with van der Waals surface area (Å²) in [4.78, 5) is 27.1. The zero-order valence-corrected chi connectivity index (χ0v) is 104. The van der Waals surface area contributed by atoms with Crippen molar-refractivity contribution in [2.75, 3.05) is 0 Å². The van der Waals surface area contributed by atoms with Gasteiger partial charge in [-0.15, -0.1) is 130 Å². The maximum absolute atomic E-state index is 14.3. The van der Waals surface area contributed by atoms with Gasteiger partial charge in [0.25, 0.3) is 0 Å². The fourth-order valence-corrected chi connectivity index (χ4v) is 20.8. The maximum Gasteiger partial charge on any atom is 0.137 e. The largest absolute Gasteiger partial charge is 0.357 e. The molecule has 0 saturated carbocycles. The van der Waals surface area contributed by atoms with Crippen LogP contribution in [0.15, 0.2) is 176 Å². The molecule has 17 aromatic rings. The summed E-state index contributed by atoms with van der Waals surface area (Å²) in [5, 5.41) is 16.6. The Morgan fingerprint density at radius 1 is 0.362 bits per heavy atom. The molecule has 0 aliphatic rings. The van der Waals surface area contributed by atoms with Gasteiger partial charge in [-0.1, -0.05) is 265 Å². The van der Waals surface area contributed by atoms with Crippen LogP contribution in [-0.4, -0.2) is 63.0 Å². The van der Waals surface area contributed by atoms with Gasteiger partial charge in [0.2, 0.25) is 0 Å². The molecule has 0 saturated heterocycles. The number of hydrogen-bond donors (Lipinski definition) is 0. The van der Waals surface area contributed by atoms with Gasteiger partial charge in [-0.05, 0) is 269 Å². The van der Waals surface area contributed by atoms with E-state index in [1.165, 1.54) is 230 Å². The fourth-order valence-electron chi connectivity index (χ4n) is 20.8. The van der Waals surface area contributed by atoms with E-state index in [9.17, 15) is 4.39 Å². The Hall–Kier alpha value is -10.1. The first-order valence-corrected chi connectivity index (χ1v) is 53.1. The van der Waals surface area contributed by atoms with Crippen LogP contribution < -0.4 is 0 Å². The number of imidazole rings is 3. The van der Waals surface area contributed by atoms with Gasteiger partial charge in [-0.3, -0.25) is 33.9 Å². The third-order valence-electron chi connectivity index (χ3n) is 27.3. The second-order valence-electron chi connectivity index (χ2n) is 40.6. The molecule has 795 valence electrons. The fraction of sp³-hybridized carbons (Fsp3) is 0.388. The summed E-state index contributed by atoms with van der Waals surface area (Å²) in [6.45, 7) is 59.5. The number of pyridine rings is 2. The van der Waals surface area contributed by atoms with Crippen molar-refractivity contribution >= 4 is 33.0 Å². The molecular weight excluding hydrogens is 2730 g/mol. The topological polar surface area (TPSA) is 132 Å². The van der Waals surface area contributed by atoms with Crippen molar-refractivity contribution < 1.29 is 105 Å². The summed E-state index contributed by atoms with van der Waals surface area (Å²) >= 11 is 0. The van der Waals surface area contributed by atoms with Crippen molar-refractivity contribution in [3.8, 4) is 79.4 Å². The molecule has 20 heteroatoms. The molecule has 0 bridgehead atoms. The van der Waals surface area contributed by atoms with Gasteiger partial charge in [-0.2, -0.15) is 16.3 Å². The zero-order valence-electron chi connectivity index (χ0n) is 92.3. The van der Waals surface area contributed by atoms with E-state index >= 15 is 0 Å². The minimum absolute atomic E-state index is 0. The first kappa shape index (κ1) is 124. The smallest absolute Gasteiger partial charge is 0.137 e. The van der Waals surface area contributed by atoms with Crippen LogP contribution in [0, 0.1) is 159 Å². The van der Waals surface area contributed by atoms with Gasteiger partial charge < -0.3 is 23.1 Å². The third kappa shape index (κ3) is 31.6. The van der Waals surface area contributed by atoms with Crippen LogP contribution in [0.25, 0.3) is 112 Å². The molecule has 10 aromatic carbocycles. The average molecular weight is 2880 g/mol. The van der Waals surface area contributed by atoms with Crippen molar-refractivity contribution in [2.45, 2.75) is 327 Å². The first-order chi connectivity index (χ1) is 69.5. The number of unbranched alkanes of at least 4 members (excludes halogenated alkanes) is 12. The van der Waals surface area contributed by atoms with Crippen molar-refractivity contribution in [1.82, 2.24) is 63.0 Å². The molecule has 7 aromatic heterocycles. The molecule has 0 spiro atoms. The van der Waals surface area contributed by atoms with Crippen LogP contribution in [-0.2, 0) is 145 Å². The minimum Gasteiger partial charge on any atom is -0.357 e. The third-order valence-corrected chi connectivity index (χ3v) is 27.3. The SMILES string of the molecule is CCCCCCCCc1cc(C)c(-n2c(CC(C)C)cnc2-c2[c-]cc(C)nc2)c(C)c1.CCCCCCc1cnc2c3[c-]cc(F)cc3c3cc(-c4c(C)cc(C)cc4C)ccc3n12.CCCCc1cc[c-]c(-c2nc(C)nn2-c2c(C)cc(CCCC)cc2C)c1.CCCCc1nnc(-c2[c-]ccc(C)c2)n1-c1c(C)cc(C)cc1C.[C-]#[N+]c1cc[c-]c(-c2ncc(CCCC)n2-c2c(C)cc(C)cc2C)c1.[Ir].[Ir].[Ir].[Ir].[Ir]. The van der Waals surface area contributed by atoms with Crippen LogP contribution >= 0.6 is 0 Å².